The summed E-state index contributed by atoms with van der Waals surface area (Å²) in [5.41, 5.74) is 0.680. The Morgan fingerprint density at radius 1 is 1.23 bits per heavy atom. The van der Waals surface area contributed by atoms with Gasteiger partial charge in [-0.3, -0.25) is 14.9 Å². The van der Waals surface area contributed by atoms with Crippen molar-refractivity contribution in [2.45, 2.75) is 19.3 Å². The number of nitrogens with one attached hydrogen (secondary N) is 1. The molecule has 3 heterocycles. The van der Waals surface area contributed by atoms with Crippen LogP contribution >= 0.6 is 12.4 Å². The second kappa shape index (κ2) is 7.60. The first kappa shape index (κ1) is 18.6. The minimum atomic E-state index is -0.388. The zero-order chi connectivity index (χ0) is 17.4. The fourth-order valence-electron chi connectivity index (χ4n) is 4.26. The molecule has 0 aromatic heterocycles. The average Bonchev–Trinajstić information content (AvgIpc) is 2.62. The van der Waals surface area contributed by atoms with Crippen LogP contribution in [0.25, 0.3) is 10.8 Å². The quantitative estimate of drug-likeness (QED) is 0.650. The Hall–Kier alpha value is -2.18. The molecule has 6 nitrogen and oxygen atoms in total. The van der Waals surface area contributed by atoms with Crippen LogP contribution in [0.3, 0.4) is 0 Å². The molecule has 1 unspecified atom stereocenters. The number of carbonyl (C=O) groups excluding carboxylic acids is 1. The highest BCUT2D eigenvalue weighted by molar-refractivity contribution is 5.97. The van der Waals surface area contributed by atoms with E-state index in [-0.39, 0.29) is 28.9 Å². The number of hydrogen-bond donors (Lipinski definition) is 1. The van der Waals surface area contributed by atoms with Gasteiger partial charge in [-0.05, 0) is 55.3 Å². The van der Waals surface area contributed by atoms with E-state index < -0.39 is 0 Å². The zero-order valence-corrected chi connectivity index (χ0v) is 15.2. The van der Waals surface area contributed by atoms with Gasteiger partial charge < -0.3 is 10.2 Å². The van der Waals surface area contributed by atoms with E-state index in [2.05, 4.69) is 10.2 Å². The minimum Gasteiger partial charge on any atom is -0.326 e. The first-order valence-corrected chi connectivity index (χ1v) is 8.79. The number of nitro groups is 1. The maximum absolute atomic E-state index is 12.4. The Kier molecular flexibility index (Phi) is 5.44. The van der Waals surface area contributed by atoms with Gasteiger partial charge in [-0.2, -0.15) is 0 Å². The number of anilines is 1. The van der Waals surface area contributed by atoms with Crippen LogP contribution in [0.15, 0.2) is 36.4 Å². The van der Waals surface area contributed by atoms with Crippen molar-refractivity contribution in [2.24, 2.45) is 11.8 Å². The van der Waals surface area contributed by atoms with E-state index in [0.717, 1.165) is 25.0 Å². The molecule has 1 N–H and O–H groups in total. The Labute approximate surface area is 158 Å². The van der Waals surface area contributed by atoms with Crippen LogP contribution < -0.4 is 5.32 Å². The van der Waals surface area contributed by atoms with Crippen molar-refractivity contribution >= 4 is 40.5 Å². The van der Waals surface area contributed by atoms with E-state index >= 15 is 0 Å². The van der Waals surface area contributed by atoms with Crippen LogP contribution in [0.2, 0.25) is 0 Å². The van der Waals surface area contributed by atoms with Gasteiger partial charge in [0.1, 0.15) is 0 Å². The SMILES string of the molecule is Cl.O=C(CC1CN2CCC1CC2)Nc1ccc2cccc([N+](=O)[O-])c2c1. The summed E-state index contributed by atoms with van der Waals surface area (Å²) >= 11 is 0. The van der Waals surface area contributed by atoms with Gasteiger partial charge in [-0.25, -0.2) is 0 Å². The molecule has 0 aliphatic carbocycles. The van der Waals surface area contributed by atoms with E-state index in [1.54, 1.807) is 18.2 Å². The summed E-state index contributed by atoms with van der Waals surface area (Å²) in [6, 6.07) is 10.3. The summed E-state index contributed by atoms with van der Waals surface area (Å²) in [6.07, 6.45) is 2.91. The molecule has 0 radical (unpaired) electrons. The van der Waals surface area contributed by atoms with Crippen LogP contribution in [0.4, 0.5) is 11.4 Å². The first-order chi connectivity index (χ1) is 12.1. The molecular formula is C19H22ClN3O3. The number of fused-ring (bicyclic) bond motifs is 4. The topological polar surface area (TPSA) is 75.5 Å². The molecule has 138 valence electrons. The van der Waals surface area contributed by atoms with Gasteiger partial charge in [-0.1, -0.05) is 18.2 Å². The summed E-state index contributed by atoms with van der Waals surface area (Å²) in [7, 11) is 0. The molecule has 0 saturated carbocycles. The van der Waals surface area contributed by atoms with Gasteiger partial charge in [0.2, 0.25) is 5.91 Å². The highest BCUT2D eigenvalue weighted by Crippen LogP contribution is 2.34. The van der Waals surface area contributed by atoms with Crippen LogP contribution in [0.5, 0.6) is 0 Å². The number of carbonyl (C=O) groups is 1. The molecule has 3 aliphatic heterocycles. The molecule has 3 aliphatic rings. The Morgan fingerprint density at radius 2 is 2.00 bits per heavy atom. The van der Waals surface area contributed by atoms with Crippen LogP contribution in [-0.2, 0) is 4.79 Å². The molecule has 1 atom stereocenters. The molecule has 2 aromatic rings. The Balaban J connectivity index is 0.00000196. The molecular weight excluding hydrogens is 354 g/mol. The van der Waals surface area contributed by atoms with Crippen molar-refractivity contribution in [2.75, 3.05) is 25.0 Å². The van der Waals surface area contributed by atoms with E-state index in [9.17, 15) is 14.9 Å². The lowest BCUT2D eigenvalue weighted by Crippen LogP contribution is -2.48. The maximum Gasteiger partial charge on any atom is 0.277 e. The minimum absolute atomic E-state index is 0. The lowest BCUT2D eigenvalue weighted by atomic mass is 9.77. The molecule has 26 heavy (non-hydrogen) atoms. The number of nitro benzene ring substituents is 1. The normalized spacial score (nSPS) is 24.1. The van der Waals surface area contributed by atoms with Crippen LogP contribution in [-0.4, -0.2) is 35.4 Å². The number of piperidine rings is 3. The van der Waals surface area contributed by atoms with Gasteiger partial charge >= 0.3 is 0 Å². The summed E-state index contributed by atoms with van der Waals surface area (Å²) in [6.45, 7) is 3.34. The summed E-state index contributed by atoms with van der Waals surface area (Å²) in [4.78, 5) is 25.7. The average molecular weight is 376 g/mol. The van der Waals surface area contributed by atoms with Crippen molar-refractivity contribution in [1.82, 2.24) is 4.90 Å². The fourth-order valence-corrected chi connectivity index (χ4v) is 4.26. The van der Waals surface area contributed by atoms with Gasteiger partial charge in [0.25, 0.3) is 5.69 Å². The smallest absolute Gasteiger partial charge is 0.277 e. The lowest BCUT2D eigenvalue weighted by molar-refractivity contribution is -0.383. The second-order valence-electron chi connectivity index (χ2n) is 7.12. The van der Waals surface area contributed by atoms with Gasteiger partial charge in [-0.15, -0.1) is 12.4 Å². The van der Waals surface area contributed by atoms with E-state index in [1.165, 1.54) is 18.9 Å². The van der Waals surface area contributed by atoms with Crippen molar-refractivity contribution in [1.29, 1.82) is 0 Å². The molecule has 5 rings (SSSR count). The predicted octanol–water partition coefficient (Wildman–Crippen LogP) is 3.84. The number of nitrogens with zero attached hydrogens (tertiary/aromatic N) is 2. The standard InChI is InChI=1S/C19H21N3O3.ClH/c23-19(10-15-12-21-8-6-13(15)7-9-21)20-16-5-4-14-2-1-3-18(22(24)25)17(14)11-16;/h1-5,11,13,15H,6-10,12H2,(H,20,23);1H. The van der Waals surface area contributed by atoms with Crippen molar-refractivity contribution in [3.8, 4) is 0 Å². The van der Waals surface area contributed by atoms with E-state index in [0.29, 0.717) is 29.3 Å². The summed E-state index contributed by atoms with van der Waals surface area (Å²) in [5.74, 6) is 1.09. The third-order valence-electron chi connectivity index (χ3n) is 5.58. The summed E-state index contributed by atoms with van der Waals surface area (Å²) in [5, 5.41) is 15.5. The Bertz CT molecular complexity index is 834. The molecule has 7 heteroatoms. The van der Waals surface area contributed by atoms with Crippen molar-refractivity contribution in [3.63, 3.8) is 0 Å². The van der Waals surface area contributed by atoms with Crippen LogP contribution in [0.1, 0.15) is 19.3 Å². The maximum atomic E-state index is 12.4. The van der Waals surface area contributed by atoms with E-state index in [4.69, 9.17) is 0 Å². The monoisotopic (exact) mass is 375 g/mol. The van der Waals surface area contributed by atoms with E-state index in [1.807, 2.05) is 12.1 Å². The van der Waals surface area contributed by atoms with Crippen LogP contribution in [0, 0.1) is 22.0 Å². The highest BCUT2D eigenvalue weighted by atomic mass is 35.5. The predicted molar refractivity (Wildman–Crippen MR) is 104 cm³/mol. The van der Waals surface area contributed by atoms with Gasteiger partial charge in [0.05, 0.1) is 10.3 Å². The highest BCUT2D eigenvalue weighted by Gasteiger charge is 2.35. The van der Waals surface area contributed by atoms with Crippen molar-refractivity contribution < 1.29 is 9.72 Å². The molecule has 2 aromatic carbocycles. The molecule has 3 fully saturated rings. The third-order valence-corrected chi connectivity index (χ3v) is 5.58. The number of non-ortho nitro benzene ring substituents is 1. The number of amides is 1. The molecule has 0 spiro atoms. The number of rotatable bonds is 4. The first-order valence-electron chi connectivity index (χ1n) is 8.79. The largest absolute Gasteiger partial charge is 0.326 e. The Morgan fingerprint density at radius 3 is 2.65 bits per heavy atom. The number of halogens is 1. The summed E-state index contributed by atoms with van der Waals surface area (Å²) < 4.78 is 0. The fraction of sp³-hybridized carbons (Fsp3) is 0.421. The van der Waals surface area contributed by atoms with Gasteiger partial charge in [0.15, 0.2) is 0 Å². The second-order valence-corrected chi connectivity index (χ2v) is 7.12. The zero-order valence-electron chi connectivity index (χ0n) is 14.4. The number of hydrogen-bond acceptors (Lipinski definition) is 4. The third kappa shape index (κ3) is 3.66. The lowest BCUT2D eigenvalue weighted by Gasteiger charge is -2.44. The molecule has 2 bridgehead atoms. The van der Waals surface area contributed by atoms with Gasteiger partial charge in [0, 0.05) is 24.7 Å². The van der Waals surface area contributed by atoms with Crippen molar-refractivity contribution in [3.05, 3.63) is 46.5 Å². The molecule has 3 saturated heterocycles. The number of benzene rings is 2. The molecule has 1 amide bonds.